The molecule has 0 spiro atoms. The molecule has 1 heterocycles. The Morgan fingerprint density at radius 1 is 1.29 bits per heavy atom. The molecule has 1 aromatic rings. The molecule has 0 radical (unpaired) electrons. The van der Waals surface area contributed by atoms with E-state index < -0.39 is 17.7 Å². The van der Waals surface area contributed by atoms with Crippen LogP contribution in [0.3, 0.4) is 0 Å². The first-order valence-electron chi connectivity index (χ1n) is 7.82. The third kappa shape index (κ3) is 4.96. The molecule has 0 saturated carbocycles. The lowest BCUT2D eigenvalue weighted by Gasteiger charge is -2.28. The molecule has 1 saturated heterocycles. The lowest BCUT2D eigenvalue weighted by molar-refractivity contribution is -0.120. The molecule has 1 aromatic carbocycles. The third-order valence-electron chi connectivity index (χ3n) is 3.63. The quantitative estimate of drug-likeness (QED) is 0.688. The van der Waals surface area contributed by atoms with Gasteiger partial charge in [0.1, 0.15) is 11.6 Å². The minimum atomic E-state index is -0.585. The van der Waals surface area contributed by atoms with E-state index >= 15 is 0 Å². The maximum absolute atomic E-state index is 12.7. The molecule has 0 unspecified atom stereocenters. The van der Waals surface area contributed by atoms with E-state index in [1.807, 2.05) is 45.9 Å². The van der Waals surface area contributed by atoms with Gasteiger partial charge in [0.15, 0.2) is 0 Å². The van der Waals surface area contributed by atoms with E-state index in [-0.39, 0.29) is 11.8 Å². The Morgan fingerprint density at radius 2 is 1.96 bits per heavy atom. The van der Waals surface area contributed by atoms with Gasteiger partial charge in [0, 0.05) is 15.5 Å². The predicted octanol–water partition coefficient (Wildman–Crippen LogP) is 4.80. The van der Waals surface area contributed by atoms with Gasteiger partial charge >= 0.3 is 6.09 Å². The van der Waals surface area contributed by atoms with Crippen molar-refractivity contribution in [2.45, 2.75) is 45.8 Å². The SMILES string of the molecule is C[C@H]1C[C@@H](C(=O)Nc2ccc(Br)cc2Br)N(C(=O)OC(C)(C)C)C1. The highest BCUT2D eigenvalue weighted by atomic mass is 79.9. The second-order valence-electron chi connectivity index (χ2n) is 7.10. The molecule has 7 heteroatoms. The van der Waals surface area contributed by atoms with Crippen LogP contribution in [0.2, 0.25) is 0 Å². The molecule has 1 N–H and O–H groups in total. The first-order valence-corrected chi connectivity index (χ1v) is 9.41. The first-order chi connectivity index (χ1) is 11.1. The largest absolute Gasteiger partial charge is 0.444 e. The van der Waals surface area contributed by atoms with Gasteiger partial charge in [-0.2, -0.15) is 0 Å². The van der Waals surface area contributed by atoms with Crippen LogP contribution in [-0.4, -0.2) is 35.1 Å². The summed E-state index contributed by atoms with van der Waals surface area (Å²) in [6, 6.07) is 5.00. The van der Waals surface area contributed by atoms with Gasteiger partial charge in [-0.15, -0.1) is 0 Å². The van der Waals surface area contributed by atoms with Gasteiger partial charge in [-0.25, -0.2) is 4.79 Å². The number of nitrogens with zero attached hydrogens (tertiary/aromatic N) is 1. The van der Waals surface area contributed by atoms with Crippen LogP contribution >= 0.6 is 31.9 Å². The average molecular weight is 462 g/mol. The Morgan fingerprint density at radius 3 is 2.54 bits per heavy atom. The molecule has 2 amide bonds. The molecule has 1 fully saturated rings. The van der Waals surface area contributed by atoms with Crippen LogP contribution < -0.4 is 5.32 Å². The molecule has 24 heavy (non-hydrogen) atoms. The number of halogens is 2. The van der Waals surface area contributed by atoms with E-state index in [0.29, 0.717) is 18.7 Å². The number of benzene rings is 1. The maximum Gasteiger partial charge on any atom is 0.410 e. The number of carbonyl (C=O) groups excluding carboxylic acids is 2. The third-order valence-corrected chi connectivity index (χ3v) is 4.78. The molecule has 132 valence electrons. The summed E-state index contributed by atoms with van der Waals surface area (Å²) in [5.74, 6) is 0.0508. The molecule has 0 bridgehead atoms. The molecule has 5 nitrogen and oxygen atoms in total. The summed E-state index contributed by atoms with van der Waals surface area (Å²) in [6.45, 7) is 8.00. The van der Waals surface area contributed by atoms with E-state index in [2.05, 4.69) is 37.2 Å². The summed E-state index contributed by atoms with van der Waals surface area (Å²) in [5.41, 5.74) is 0.0884. The summed E-state index contributed by atoms with van der Waals surface area (Å²) in [5, 5.41) is 2.89. The van der Waals surface area contributed by atoms with Gasteiger partial charge in [-0.1, -0.05) is 22.9 Å². The highest BCUT2D eigenvalue weighted by Crippen LogP contribution is 2.29. The van der Waals surface area contributed by atoms with Gasteiger partial charge < -0.3 is 10.1 Å². The standard InChI is InChI=1S/C17H22Br2N2O3/c1-10-7-14(21(9-10)16(23)24-17(2,3)4)15(22)20-13-6-5-11(18)8-12(13)19/h5-6,8,10,14H,7,9H2,1-4H3,(H,20,22)/t10-,14-/m0/s1. The van der Waals surface area contributed by atoms with Crippen LogP contribution in [0.5, 0.6) is 0 Å². The van der Waals surface area contributed by atoms with Crippen molar-refractivity contribution in [1.29, 1.82) is 0 Å². The summed E-state index contributed by atoms with van der Waals surface area (Å²) in [6.07, 6.45) is 0.182. The lowest BCUT2D eigenvalue weighted by Crippen LogP contribution is -2.45. The Hall–Kier alpha value is -1.08. The molecular formula is C17H22Br2N2O3. The van der Waals surface area contributed by atoms with Crippen molar-refractivity contribution in [3.8, 4) is 0 Å². The van der Waals surface area contributed by atoms with Crippen molar-refractivity contribution >= 4 is 49.5 Å². The van der Waals surface area contributed by atoms with Crippen molar-refractivity contribution < 1.29 is 14.3 Å². The zero-order valence-corrected chi connectivity index (χ0v) is 17.4. The molecular weight excluding hydrogens is 440 g/mol. The summed E-state index contributed by atoms with van der Waals surface area (Å²) in [4.78, 5) is 26.6. The molecule has 2 rings (SSSR count). The van der Waals surface area contributed by atoms with Crippen molar-refractivity contribution in [3.05, 3.63) is 27.1 Å². The minimum Gasteiger partial charge on any atom is -0.444 e. The molecule has 2 atom stereocenters. The Labute approximate surface area is 159 Å². The van der Waals surface area contributed by atoms with Crippen molar-refractivity contribution in [2.75, 3.05) is 11.9 Å². The van der Waals surface area contributed by atoms with Gasteiger partial charge in [-0.3, -0.25) is 9.69 Å². The van der Waals surface area contributed by atoms with Gasteiger partial charge in [0.25, 0.3) is 0 Å². The predicted molar refractivity (Wildman–Crippen MR) is 101 cm³/mol. The monoisotopic (exact) mass is 460 g/mol. The summed E-state index contributed by atoms with van der Waals surface area (Å²) < 4.78 is 7.12. The number of nitrogens with one attached hydrogen (secondary N) is 1. The van der Waals surface area contributed by atoms with Crippen LogP contribution in [0, 0.1) is 5.92 Å². The fourth-order valence-corrected chi connectivity index (χ4v) is 3.77. The van der Waals surface area contributed by atoms with Crippen molar-refractivity contribution in [2.24, 2.45) is 5.92 Å². The molecule has 0 aromatic heterocycles. The van der Waals surface area contributed by atoms with E-state index in [4.69, 9.17) is 4.74 Å². The Bertz CT molecular complexity index is 643. The number of rotatable bonds is 2. The normalized spacial score (nSPS) is 20.8. The van der Waals surface area contributed by atoms with Crippen LogP contribution in [0.15, 0.2) is 27.1 Å². The topological polar surface area (TPSA) is 58.6 Å². The number of likely N-dealkylation sites (tertiary alicyclic amines) is 1. The van der Waals surface area contributed by atoms with Crippen LogP contribution in [0.1, 0.15) is 34.1 Å². The van der Waals surface area contributed by atoms with Gasteiger partial charge in [0.2, 0.25) is 5.91 Å². The first kappa shape index (κ1) is 19.2. The lowest BCUT2D eigenvalue weighted by atomic mass is 10.1. The molecule has 0 aliphatic carbocycles. The number of anilines is 1. The number of hydrogen-bond donors (Lipinski definition) is 1. The Kier molecular flexibility index (Phi) is 5.96. The summed E-state index contributed by atoms with van der Waals surface area (Å²) >= 11 is 6.81. The highest BCUT2D eigenvalue weighted by molar-refractivity contribution is 9.11. The van der Waals surface area contributed by atoms with E-state index in [9.17, 15) is 9.59 Å². The van der Waals surface area contributed by atoms with E-state index in [0.717, 1.165) is 8.95 Å². The number of ether oxygens (including phenoxy) is 1. The van der Waals surface area contributed by atoms with Crippen LogP contribution in [0.25, 0.3) is 0 Å². The van der Waals surface area contributed by atoms with E-state index in [1.165, 1.54) is 4.90 Å². The number of amides is 2. The minimum absolute atomic E-state index is 0.201. The van der Waals surface area contributed by atoms with Crippen molar-refractivity contribution in [3.63, 3.8) is 0 Å². The second-order valence-corrected chi connectivity index (χ2v) is 8.87. The van der Waals surface area contributed by atoms with Gasteiger partial charge in [-0.05, 0) is 67.2 Å². The molecule has 1 aliphatic heterocycles. The molecule has 1 aliphatic rings. The maximum atomic E-state index is 12.7. The van der Waals surface area contributed by atoms with Crippen LogP contribution in [0.4, 0.5) is 10.5 Å². The van der Waals surface area contributed by atoms with E-state index in [1.54, 1.807) is 0 Å². The number of hydrogen-bond acceptors (Lipinski definition) is 3. The second kappa shape index (κ2) is 7.44. The van der Waals surface area contributed by atoms with Gasteiger partial charge in [0.05, 0.1) is 5.69 Å². The fourth-order valence-electron chi connectivity index (χ4n) is 2.62. The Balaban J connectivity index is 2.12. The van der Waals surface area contributed by atoms with Crippen LogP contribution in [-0.2, 0) is 9.53 Å². The number of carbonyl (C=O) groups is 2. The fraction of sp³-hybridized carbons (Fsp3) is 0.529. The van der Waals surface area contributed by atoms with Crippen molar-refractivity contribution in [1.82, 2.24) is 4.90 Å². The smallest absolute Gasteiger partial charge is 0.410 e. The average Bonchev–Trinajstić information content (AvgIpc) is 2.82. The summed E-state index contributed by atoms with van der Waals surface area (Å²) in [7, 11) is 0. The highest BCUT2D eigenvalue weighted by Gasteiger charge is 2.40. The zero-order chi connectivity index (χ0) is 18.1. The zero-order valence-electron chi connectivity index (χ0n) is 14.2.